The number of nitrogens with zero attached hydrogens (tertiary/aromatic N) is 2. The number of nitro benzene ring substituents is 1. The van der Waals surface area contributed by atoms with Crippen molar-refractivity contribution in [3.05, 3.63) is 33.9 Å². The molecule has 0 saturated carbocycles. The Labute approximate surface area is 146 Å². The Balaban J connectivity index is 1.93. The third kappa shape index (κ3) is 5.32. The van der Waals surface area contributed by atoms with Crippen molar-refractivity contribution in [1.82, 2.24) is 4.90 Å². The number of carbonyl (C=O) groups is 1. The predicted octanol–water partition coefficient (Wildman–Crippen LogP) is 3.13. The van der Waals surface area contributed by atoms with Gasteiger partial charge in [-0.1, -0.05) is 0 Å². The van der Waals surface area contributed by atoms with E-state index >= 15 is 0 Å². The first-order valence-corrected chi connectivity index (χ1v) is 8.10. The Morgan fingerprint density at radius 1 is 1.40 bits per heavy atom. The third-order valence-corrected chi connectivity index (χ3v) is 3.75. The van der Waals surface area contributed by atoms with E-state index in [-0.39, 0.29) is 24.5 Å². The van der Waals surface area contributed by atoms with Crippen molar-refractivity contribution in [1.29, 1.82) is 0 Å². The number of methoxy groups -OCH3 is 1. The maximum Gasteiger partial charge on any atom is 0.410 e. The number of hydrogen-bond donors (Lipinski definition) is 0. The van der Waals surface area contributed by atoms with Crippen LogP contribution < -0.4 is 4.74 Å². The second kappa shape index (κ2) is 7.69. The van der Waals surface area contributed by atoms with Gasteiger partial charge in [0.15, 0.2) is 0 Å². The van der Waals surface area contributed by atoms with Gasteiger partial charge in [-0.2, -0.15) is 0 Å². The number of carbonyl (C=O) groups excluding carboxylic acids is 1. The molecule has 1 unspecified atom stereocenters. The highest BCUT2D eigenvalue weighted by Gasteiger charge is 2.30. The van der Waals surface area contributed by atoms with Gasteiger partial charge in [0, 0.05) is 24.2 Å². The van der Waals surface area contributed by atoms with Crippen LogP contribution in [-0.2, 0) is 16.1 Å². The molecule has 0 bridgehead atoms. The van der Waals surface area contributed by atoms with Crippen molar-refractivity contribution in [2.45, 2.75) is 45.5 Å². The number of amides is 1. The minimum atomic E-state index is -0.535. The van der Waals surface area contributed by atoms with Gasteiger partial charge in [0.05, 0.1) is 31.3 Å². The fourth-order valence-electron chi connectivity index (χ4n) is 2.56. The molecule has 1 aliphatic rings. The summed E-state index contributed by atoms with van der Waals surface area (Å²) >= 11 is 0. The molecule has 1 aliphatic heterocycles. The van der Waals surface area contributed by atoms with E-state index in [1.165, 1.54) is 19.2 Å². The Kier molecular flexibility index (Phi) is 5.84. The summed E-state index contributed by atoms with van der Waals surface area (Å²) < 4.78 is 16.4. The molecule has 1 amide bonds. The van der Waals surface area contributed by atoms with Gasteiger partial charge in [-0.15, -0.1) is 0 Å². The molecule has 0 aliphatic carbocycles. The zero-order valence-electron chi connectivity index (χ0n) is 15.0. The Morgan fingerprint density at radius 3 is 2.72 bits per heavy atom. The zero-order chi connectivity index (χ0) is 18.6. The molecule has 1 heterocycles. The second-order valence-corrected chi connectivity index (χ2v) is 6.90. The summed E-state index contributed by atoms with van der Waals surface area (Å²) in [5.74, 6) is 0.535. The van der Waals surface area contributed by atoms with E-state index in [4.69, 9.17) is 14.2 Å². The number of nitro groups is 1. The van der Waals surface area contributed by atoms with Crippen LogP contribution in [0.25, 0.3) is 0 Å². The number of ether oxygens (including phenoxy) is 3. The summed E-state index contributed by atoms with van der Waals surface area (Å²) in [4.78, 5) is 24.1. The van der Waals surface area contributed by atoms with Gasteiger partial charge in [0.25, 0.3) is 5.69 Å². The van der Waals surface area contributed by atoms with E-state index in [9.17, 15) is 14.9 Å². The maximum absolute atomic E-state index is 12.1. The molecule has 1 saturated heterocycles. The highest BCUT2D eigenvalue weighted by Crippen LogP contribution is 2.26. The van der Waals surface area contributed by atoms with Crippen molar-refractivity contribution in [2.75, 3.05) is 20.2 Å². The summed E-state index contributed by atoms with van der Waals surface area (Å²) in [5, 5.41) is 10.9. The van der Waals surface area contributed by atoms with E-state index in [0.717, 1.165) is 0 Å². The molecule has 1 aromatic rings. The molecule has 0 radical (unpaired) electrons. The van der Waals surface area contributed by atoms with Crippen LogP contribution in [0.15, 0.2) is 18.2 Å². The van der Waals surface area contributed by atoms with Crippen molar-refractivity contribution >= 4 is 11.8 Å². The van der Waals surface area contributed by atoms with Crippen molar-refractivity contribution in [2.24, 2.45) is 0 Å². The fraction of sp³-hybridized carbons (Fsp3) is 0.588. The SMILES string of the molecule is COc1ccc([N+](=O)[O-])cc1COC1CCN(C(=O)OC(C)(C)C)C1. The van der Waals surface area contributed by atoms with E-state index in [1.54, 1.807) is 11.0 Å². The smallest absolute Gasteiger partial charge is 0.410 e. The molecule has 1 aromatic carbocycles. The molecule has 0 spiro atoms. The first-order chi connectivity index (χ1) is 11.7. The first kappa shape index (κ1) is 19.0. The predicted molar refractivity (Wildman–Crippen MR) is 90.6 cm³/mol. The van der Waals surface area contributed by atoms with Gasteiger partial charge in [-0.05, 0) is 33.3 Å². The van der Waals surface area contributed by atoms with Crippen LogP contribution in [0.1, 0.15) is 32.8 Å². The molecule has 8 nitrogen and oxygen atoms in total. The average molecular weight is 352 g/mol. The van der Waals surface area contributed by atoms with Crippen LogP contribution in [0.3, 0.4) is 0 Å². The number of rotatable bonds is 5. The highest BCUT2D eigenvalue weighted by atomic mass is 16.6. The summed E-state index contributed by atoms with van der Waals surface area (Å²) in [6.45, 7) is 6.64. The van der Waals surface area contributed by atoms with E-state index in [2.05, 4.69) is 0 Å². The maximum atomic E-state index is 12.1. The van der Waals surface area contributed by atoms with Crippen molar-refractivity contribution < 1.29 is 23.9 Å². The largest absolute Gasteiger partial charge is 0.496 e. The van der Waals surface area contributed by atoms with Gasteiger partial charge in [0.2, 0.25) is 0 Å². The topological polar surface area (TPSA) is 91.1 Å². The number of non-ortho nitro benzene ring substituents is 1. The Morgan fingerprint density at radius 2 is 2.12 bits per heavy atom. The highest BCUT2D eigenvalue weighted by molar-refractivity contribution is 5.68. The summed E-state index contributed by atoms with van der Waals surface area (Å²) in [5.41, 5.74) is 0.0560. The lowest BCUT2D eigenvalue weighted by Crippen LogP contribution is -2.36. The van der Waals surface area contributed by atoms with Crippen molar-refractivity contribution in [3.63, 3.8) is 0 Å². The van der Waals surface area contributed by atoms with Crippen LogP contribution >= 0.6 is 0 Å². The molecular weight excluding hydrogens is 328 g/mol. The molecule has 1 atom stereocenters. The zero-order valence-corrected chi connectivity index (χ0v) is 15.0. The minimum Gasteiger partial charge on any atom is -0.496 e. The van der Waals surface area contributed by atoms with E-state index < -0.39 is 10.5 Å². The second-order valence-electron chi connectivity index (χ2n) is 6.90. The number of likely N-dealkylation sites (tertiary alicyclic amines) is 1. The number of hydrogen-bond acceptors (Lipinski definition) is 6. The molecule has 0 aromatic heterocycles. The van der Waals surface area contributed by atoms with Gasteiger partial charge < -0.3 is 19.1 Å². The molecule has 2 rings (SSSR count). The van der Waals surface area contributed by atoms with Gasteiger partial charge >= 0.3 is 6.09 Å². The molecule has 0 N–H and O–H groups in total. The minimum absolute atomic E-state index is 0.0128. The quantitative estimate of drug-likeness (QED) is 0.597. The summed E-state index contributed by atoms with van der Waals surface area (Å²) in [6.07, 6.45) is 0.194. The Hall–Kier alpha value is -2.35. The normalized spacial score (nSPS) is 17.4. The average Bonchev–Trinajstić information content (AvgIpc) is 3.00. The van der Waals surface area contributed by atoms with E-state index in [1.807, 2.05) is 20.8 Å². The van der Waals surface area contributed by atoms with Crippen LogP contribution in [0.5, 0.6) is 5.75 Å². The monoisotopic (exact) mass is 352 g/mol. The summed E-state index contributed by atoms with van der Waals surface area (Å²) in [7, 11) is 1.50. The number of benzene rings is 1. The lowest BCUT2D eigenvalue weighted by molar-refractivity contribution is -0.385. The molecule has 138 valence electrons. The third-order valence-electron chi connectivity index (χ3n) is 3.75. The van der Waals surface area contributed by atoms with Gasteiger partial charge in [-0.25, -0.2) is 4.79 Å². The van der Waals surface area contributed by atoms with Crippen molar-refractivity contribution in [3.8, 4) is 5.75 Å². The van der Waals surface area contributed by atoms with Crippen LogP contribution in [0.4, 0.5) is 10.5 Å². The van der Waals surface area contributed by atoms with Crippen LogP contribution in [0, 0.1) is 10.1 Å². The van der Waals surface area contributed by atoms with Crippen LogP contribution in [-0.4, -0.2) is 47.8 Å². The summed E-state index contributed by atoms with van der Waals surface area (Å²) in [6, 6.07) is 4.39. The Bertz CT molecular complexity index is 641. The van der Waals surface area contributed by atoms with Crippen LogP contribution in [0.2, 0.25) is 0 Å². The lowest BCUT2D eigenvalue weighted by Gasteiger charge is -2.24. The molecule has 25 heavy (non-hydrogen) atoms. The first-order valence-electron chi connectivity index (χ1n) is 8.10. The lowest BCUT2D eigenvalue weighted by atomic mass is 10.2. The van der Waals surface area contributed by atoms with Gasteiger partial charge in [0.1, 0.15) is 11.4 Å². The fourth-order valence-corrected chi connectivity index (χ4v) is 2.56. The van der Waals surface area contributed by atoms with Gasteiger partial charge in [-0.3, -0.25) is 10.1 Å². The standard InChI is InChI=1S/C17H24N2O6/c1-17(2,3)25-16(20)18-8-7-14(10-18)24-11-12-9-13(19(21)22)5-6-15(12)23-4/h5-6,9,14H,7-8,10-11H2,1-4H3. The molecule has 8 heteroatoms. The molecular formula is C17H24N2O6. The van der Waals surface area contributed by atoms with E-state index in [0.29, 0.717) is 30.8 Å². The molecule has 1 fully saturated rings.